The molecule has 0 saturated carbocycles. The van der Waals surface area contributed by atoms with Crippen LogP contribution in [0.5, 0.6) is 0 Å². The molecule has 12 heteroatoms. The average Bonchev–Trinajstić information content (AvgIpc) is 3.35. The van der Waals surface area contributed by atoms with E-state index in [-0.39, 0.29) is 22.9 Å². The fraction of sp³-hybridized carbons (Fsp3) is 0.240. The van der Waals surface area contributed by atoms with Crippen LogP contribution in [0.2, 0.25) is 0 Å². The summed E-state index contributed by atoms with van der Waals surface area (Å²) in [6.45, 7) is 0. The molecule has 3 heterocycles. The number of hydrogen-bond donors (Lipinski definition) is 1. The van der Waals surface area contributed by atoms with Crippen molar-refractivity contribution in [3.63, 3.8) is 0 Å². The van der Waals surface area contributed by atoms with E-state index in [1.165, 1.54) is 29.2 Å². The van der Waals surface area contributed by atoms with Crippen LogP contribution in [0, 0.1) is 11.3 Å². The highest BCUT2D eigenvalue weighted by atomic mass is 32.2. The maximum Gasteiger partial charge on any atom is 0.416 e. The number of anilines is 1. The van der Waals surface area contributed by atoms with Crippen LogP contribution in [0.15, 0.2) is 75.8 Å². The number of nitrogens with two attached hydrogens (primary N) is 1. The fourth-order valence-corrected chi connectivity index (χ4v) is 6.34. The van der Waals surface area contributed by atoms with E-state index in [0.29, 0.717) is 51.1 Å². The highest BCUT2D eigenvalue weighted by molar-refractivity contribution is 8.00. The Morgan fingerprint density at radius 3 is 2.78 bits per heavy atom. The SMILES string of the molecule is N#CC1=C(N)N(c2nnc(SCc3cccc(C(F)(F)F)c3)s2)C2=C(C(=O)CCC2)C1c1cccnc1. The van der Waals surface area contributed by atoms with Crippen molar-refractivity contribution in [2.75, 3.05) is 4.90 Å². The van der Waals surface area contributed by atoms with Gasteiger partial charge in [0, 0.05) is 35.8 Å². The van der Waals surface area contributed by atoms with Gasteiger partial charge in [-0.3, -0.25) is 14.7 Å². The first-order chi connectivity index (χ1) is 17.8. The number of halogens is 3. The number of thioether (sulfide) groups is 1. The van der Waals surface area contributed by atoms with Crippen molar-refractivity contribution in [1.29, 1.82) is 5.26 Å². The lowest BCUT2D eigenvalue weighted by molar-refractivity contribution is -0.137. The molecule has 1 aromatic carbocycles. The normalized spacial score (nSPS) is 18.2. The first-order valence-electron chi connectivity index (χ1n) is 11.3. The topological polar surface area (TPSA) is 109 Å². The molecule has 1 aliphatic heterocycles. The first kappa shape index (κ1) is 25.0. The number of nitriles is 1. The number of ketones is 1. The van der Waals surface area contributed by atoms with Crippen LogP contribution in [0.25, 0.3) is 0 Å². The van der Waals surface area contributed by atoms with E-state index in [1.54, 1.807) is 29.4 Å². The Kier molecular flexibility index (Phi) is 6.74. The van der Waals surface area contributed by atoms with Crippen molar-refractivity contribution in [3.05, 3.63) is 88.1 Å². The summed E-state index contributed by atoms with van der Waals surface area (Å²) in [5, 5.41) is 18.9. The number of carbonyl (C=O) groups excluding carboxylic acids is 1. The quantitative estimate of drug-likeness (QED) is 0.420. The predicted octanol–water partition coefficient (Wildman–Crippen LogP) is 5.55. The van der Waals surface area contributed by atoms with Gasteiger partial charge < -0.3 is 5.73 Å². The summed E-state index contributed by atoms with van der Waals surface area (Å²) in [6.07, 6.45) is 0.420. The van der Waals surface area contributed by atoms with Crippen molar-refractivity contribution in [3.8, 4) is 6.07 Å². The third-order valence-electron chi connectivity index (χ3n) is 6.13. The van der Waals surface area contributed by atoms with Gasteiger partial charge in [-0.25, -0.2) is 0 Å². The van der Waals surface area contributed by atoms with Crippen LogP contribution in [0.1, 0.15) is 41.9 Å². The third-order valence-corrected chi connectivity index (χ3v) is 8.25. The Labute approximate surface area is 218 Å². The monoisotopic (exact) mass is 540 g/mol. The van der Waals surface area contributed by atoms with Crippen molar-refractivity contribution in [1.82, 2.24) is 15.2 Å². The van der Waals surface area contributed by atoms with Crippen molar-refractivity contribution in [2.24, 2.45) is 5.73 Å². The number of Topliss-reactive ketones (excluding diaryl/α,β-unsaturated/α-hetero) is 1. The number of carbonyl (C=O) groups is 1. The van der Waals surface area contributed by atoms with Crippen molar-refractivity contribution in [2.45, 2.75) is 41.4 Å². The number of rotatable bonds is 5. The maximum absolute atomic E-state index is 13.1. The number of allylic oxidation sites excluding steroid dienone is 3. The second-order valence-electron chi connectivity index (χ2n) is 8.44. The summed E-state index contributed by atoms with van der Waals surface area (Å²) >= 11 is 2.45. The Balaban J connectivity index is 1.47. The summed E-state index contributed by atoms with van der Waals surface area (Å²) in [4.78, 5) is 18.9. The lowest BCUT2D eigenvalue weighted by atomic mass is 9.76. The van der Waals surface area contributed by atoms with Gasteiger partial charge in [0.15, 0.2) is 10.1 Å². The van der Waals surface area contributed by atoms with Crippen LogP contribution in [0.4, 0.5) is 18.3 Å². The van der Waals surface area contributed by atoms with Gasteiger partial charge in [0.2, 0.25) is 5.13 Å². The second kappa shape index (κ2) is 9.99. The Morgan fingerprint density at radius 1 is 1.22 bits per heavy atom. The molecule has 5 rings (SSSR count). The van der Waals surface area contributed by atoms with E-state index >= 15 is 0 Å². The molecule has 1 atom stereocenters. The third kappa shape index (κ3) is 4.84. The number of benzene rings is 1. The van der Waals surface area contributed by atoms with Gasteiger partial charge in [0.05, 0.1) is 23.1 Å². The fourth-order valence-electron chi connectivity index (χ4n) is 4.52. The predicted molar refractivity (Wildman–Crippen MR) is 133 cm³/mol. The maximum atomic E-state index is 13.1. The van der Waals surface area contributed by atoms with Crippen LogP contribution < -0.4 is 10.6 Å². The number of alkyl halides is 3. The molecule has 2 N–H and O–H groups in total. The van der Waals surface area contributed by atoms with E-state index in [4.69, 9.17) is 5.73 Å². The first-order valence-corrected chi connectivity index (χ1v) is 13.1. The molecule has 0 amide bonds. The molecule has 1 aliphatic carbocycles. The number of aromatic nitrogens is 3. The molecule has 0 bridgehead atoms. The van der Waals surface area contributed by atoms with Gasteiger partial charge >= 0.3 is 6.18 Å². The van der Waals surface area contributed by atoms with Crippen LogP contribution in [-0.4, -0.2) is 21.0 Å². The van der Waals surface area contributed by atoms with E-state index in [2.05, 4.69) is 21.3 Å². The van der Waals surface area contributed by atoms with Crippen LogP contribution in [0.3, 0.4) is 0 Å². The summed E-state index contributed by atoms with van der Waals surface area (Å²) in [6, 6.07) is 10.9. The molecular weight excluding hydrogens is 521 g/mol. The van der Waals surface area contributed by atoms with E-state index < -0.39 is 17.7 Å². The standard InChI is InChI=1S/C25H19F3N6OS2/c26-25(27,28)16-6-1-4-14(10-16)13-36-24-33-32-23(37-24)34-18-7-2-8-19(35)21(18)20(17(11-29)22(34)30)15-5-3-9-31-12-15/h1,3-6,9-10,12,20H,2,7-8,13,30H2. The molecule has 3 aromatic rings. The summed E-state index contributed by atoms with van der Waals surface area (Å²) in [5.74, 6) is -0.220. The van der Waals surface area contributed by atoms with Gasteiger partial charge in [-0.15, -0.1) is 10.2 Å². The lowest BCUT2D eigenvalue weighted by Gasteiger charge is -2.37. The van der Waals surface area contributed by atoms with Gasteiger partial charge in [0.1, 0.15) is 5.82 Å². The molecule has 37 heavy (non-hydrogen) atoms. The van der Waals surface area contributed by atoms with E-state index in [0.717, 1.165) is 12.1 Å². The molecule has 0 spiro atoms. The molecule has 0 fully saturated rings. The summed E-state index contributed by atoms with van der Waals surface area (Å²) in [5.41, 5.74) is 8.46. The summed E-state index contributed by atoms with van der Waals surface area (Å²) in [7, 11) is 0. The number of pyridine rings is 1. The minimum atomic E-state index is -4.41. The zero-order valence-corrected chi connectivity index (χ0v) is 20.8. The zero-order valence-electron chi connectivity index (χ0n) is 19.2. The average molecular weight is 541 g/mol. The number of hydrogen-bond acceptors (Lipinski definition) is 9. The van der Waals surface area contributed by atoms with Gasteiger partial charge in [-0.05, 0) is 36.1 Å². The minimum Gasteiger partial charge on any atom is -0.384 e. The van der Waals surface area contributed by atoms with Crippen LogP contribution >= 0.6 is 23.1 Å². The molecular formula is C25H19F3N6OS2. The molecule has 0 saturated heterocycles. The van der Waals surface area contributed by atoms with E-state index in [1.807, 2.05) is 6.07 Å². The molecule has 2 aromatic heterocycles. The number of nitrogens with zero attached hydrogens (tertiary/aromatic N) is 5. The smallest absolute Gasteiger partial charge is 0.384 e. The lowest BCUT2D eigenvalue weighted by Crippen LogP contribution is -2.38. The van der Waals surface area contributed by atoms with Gasteiger partial charge in [0.25, 0.3) is 0 Å². The molecule has 0 radical (unpaired) electrons. The van der Waals surface area contributed by atoms with Gasteiger partial charge in [-0.1, -0.05) is 47.4 Å². The molecule has 1 unspecified atom stereocenters. The molecule has 2 aliphatic rings. The van der Waals surface area contributed by atoms with Crippen molar-refractivity contribution < 1.29 is 18.0 Å². The van der Waals surface area contributed by atoms with Gasteiger partial charge in [-0.2, -0.15) is 18.4 Å². The zero-order chi connectivity index (χ0) is 26.2. The highest BCUT2D eigenvalue weighted by Gasteiger charge is 2.41. The Hall–Kier alpha value is -3.69. The molecule has 7 nitrogen and oxygen atoms in total. The highest BCUT2D eigenvalue weighted by Crippen LogP contribution is 2.47. The van der Waals surface area contributed by atoms with Crippen LogP contribution in [-0.2, 0) is 16.7 Å². The molecule has 188 valence electrons. The van der Waals surface area contributed by atoms with Crippen molar-refractivity contribution >= 4 is 34.0 Å². The Morgan fingerprint density at radius 2 is 2.05 bits per heavy atom. The Bertz CT molecular complexity index is 1460. The second-order valence-corrected chi connectivity index (χ2v) is 10.6. The minimum absolute atomic E-state index is 0.0518. The largest absolute Gasteiger partial charge is 0.416 e. The summed E-state index contributed by atoms with van der Waals surface area (Å²) < 4.78 is 39.6. The van der Waals surface area contributed by atoms with E-state index in [9.17, 15) is 23.2 Å².